The molecule has 0 saturated heterocycles. The van der Waals surface area contributed by atoms with Crippen LogP contribution in [0.15, 0.2) is 42.5 Å². The van der Waals surface area contributed by atoms with Gasteiger partial charge in [0.1, 0.15) is 0 Å². The summed E-state index contributed by atoms with van der Waals surface area (Å²) in [7, 11) is 1.16. The molecule has 0 radical (unpaired) electrons. The van der Waals surface area contributed by atoms with Gasteiger partial charge < -0.3 is 14.6 Å². The van der Waals surface area contributed by atoms with Crippen LogP contribution in [0.3, 0.4) is 0 Å². The summed E-state index contributed by atoms with van der Waals surface area (Å²) in [6, 6.07) is 8.22. The van der Waals surface area contributed by atoms with Gasteiger partial charge in [-0.3, -0.25) is 0 Å². The normalized spacial score (nSPS) is 21.2. The molecule has 1 aliphatic rings. The van der Waals surface area contributed by atoms with Crippen molar-refractivity contribution < 1.29 is 24.2 Å². The van der Waals surface area contributed by atoms with Gasteiger partial charge in [-0.15, -0.1) is 0 Å². The molecule has 0 aromatic heterocycles. The van der Waals surface area contributed by atoms with Gasteiger partial charge in [0.15, 0.2) is 6.10 Å². The highest BCUT2D eigenvalue weighted by Gasteiger charge is 2.49. The van der Waals surface area contributed by atoms with Crippen LogP contribution in [0.2, 0.25) is 0 Å². The topological polar surface area (TPSA) is 72.8 Å². The molecule has 1 N–H and O–H groups in total. The maximum absolute atomic E-state index is 11.8. The van der Waals surface area contributed by atoms with Crippen LogP contribution < -0.4 is 0 Å². The molecule has 1 heterocycles. The van der Waals surface area contributed by atoms with Crippen molar-refractivity contribution in [2.45, 2.75) is 11.7 Å². The van der Waals surface area contributed by atoms with Crippen molar-refractivity contribution >= 4 is 11.9 Å². The number of carbonyl (C=O) groups excluding carboxylic acids is 2. The number of hydrogen-bond acceptors (Lipinski definition) is 5. The zero-order valence-corrected chi connectivity index (χ0v) is 9.70. The van der Waals surface area contributed by atoms with E-state index in [4.69, 9.17) is 4.74 Å². The Bertz CT molecular complexity index is 493. The molecule has 0 bridgehead atoms. The largest absolute Gasteiger partial charge is 0.467 e. The number of carbonyl (C=O) groups is 2. The molecule has 0 aliphatic carbocycles. The Morgan fingerprint density at radius 1 is 1.39 bits per heavy atom. The Morgan fingerprint density at radius 3 is 2.56 bits per heavy atom. The molecule has 0 spiro atoms. The van der Waals surface area contributed by atoms with Crippen molar-refractivity contribution in [1.82, 2.24) is 0 Å². The van der Waals surface area contributed by atoms with Crippen molar-refractivity contribution in [3.8, 4) is 0 Å². The summed E-state index contributed by atoms with van der Waals surface area (Å²) in [5.41, 5.74) is -1.72. The first-order chi connectivity index (χ1) is 8.59. The van der Waals surface area contributed by atoms with Gasteiger partial charge in [0.05, 0.1) is 7.11 Å². The second-order valence-corrected chi connectivity index (χ2v) is 3.84. The minimum atomic E-state index is -2.03. The monoisotopic (exact) mass is 248 g/mol. The van der Waals surface area contributed by atoms with Gasteiger partial charge in [-0.05, 0) is 11.6 Å². The lowest BCUT2D eigenvalue weighted by Gasteiger charge is -2.29. The third-order valence-corrected chi connectivity index (χ3v) is 2.77. The van der Waals surface area contributed by atoms with Crippen LogP contribution in [0.5, 0.6) is 0 Å². The van der Waals surface area contributed by atoms with Crippen LogP contribution in [-0.2, 0) is 24.7 Å². The van der Waals surface area contributed by atoms with Crippen LogP contribution in [0.1, 0.15) is 5.56 Å². The van der Waals surface area contributed by atoms with E-state index >= 15 is 0 Å². The first kappa shape index (κ1) is 12.3. The molecule has 5 nitrogen and oxygen atoms in total. The number of esters is 2. The maximum atomic E-state index is 11.8. The third kappa shape index (κ3) is 1.89. The number of methoxy groups -OCH3 is 1. The Morgan fingerprint density at radius 2 is 2.06 bits per heavy atom. The van der Waals surface area contributed by atoms with Crippen molar-refractivity contribution in [3.63, 3.8) is 0 Å². The minimum Gasteiger partial charge on any atom is -0.467 e. The first-order valence-corrected chi connectivity index (χ1v) is 5.34. The van der Waals surface area contributed by atoms with E-state index in [9.17, 15) is 14.7 Å². The summed E-state index contributed by atoms with van der Waals surface area (Å²) in [6.45, 7) is 0. The molecule has 94 valence electrons. The van der Waals surface area contributed by atoms with E-state index in [-0.39, 0.29) is 0 Å². The molecule has 1 aromatic rings. The van der Waals surface area contributed by atoms with E-state index in [1.165, 1.54) is 12.2 Å². The lowest BCUT2D eigenvalue weighted by Crippen LogP contribution is -2.47. The molecule has 5 heteroatoms. The van der Waals surface area contributed by atoms with Gasteiger partial charge in [-0.2, -0.15) is 0 Å². The van der Waals surface area contributed by atoms with Crippen LogP contribution in [-0.4, -0.2) is 30.3 Å². The number of hydrogen-bond donors (Lipinski definition) is 1. The Balaban J connectivity index is 2.45. The summed E-state index contributed by atoms with van der Waals surface area (Å²) in [6.07, 6.45) is 1.42. The molecule has 0 unspecified atom stereocenters. The van der Waals surface area contributed by atoms with E-state index in [0.29, 0.717) is 5.56 Å². The fourth-order valence-electron chi connectivity index (χ4n) is 1.84. The summed E-state index contributed by atoms with van der Waals surface area (Å²) >= 11 is 0. The van der Waals surface area contributed by atoms with E-state index in [1.54, 1.807) is 30.3 Å². The fraction of sp³-hybridized carbons (Fsp3) is 0.231. The second kappa shape index (κ2) is 4.62. The fourth-order valence-corrected chi connectivity index (χ4v) is 1.84. The average Bonchev–Trinajstić information content (AvgIpc) is 2.85. The summed E-state index contributed by atoms with van der Waals surface area (Å²) in [4.78, 5) is 22.9. The number of benzene rings is 1. The Labute approximate surface area is 104 Å². The standard InChI is InChI=1S/C13H12O5/c1-17-12(15)13(16,9-5-3-2-4-6-9)10-7-8-11(14)18-10/h2-8,10,16H,1H3/t10-,13+/m1/s1. The highest BCUT2D eigenvalue weighted by molar-refractivity contribution is 5.88. The van der Waals surface area contributed by atoms with Crippen molar-refractivity contribution in [2.75, 3.05) is 7.11 Å². The zero-order valence-electron chi connectivity index (χ0n) is 9.70. The van der Waals surface area contributed by atoms with E-state index in [2.05, 4.69) is 4.74 Å². The lowest BCUT2D eigenvalue weighted by atomic mass is 9.88. The van der Waals surface area contributed by atoms with Crippen molar-refractivity contribution in [1.29, 1.82) is 0 Å². The zero-order chi connectivity index (χ0) is 13.2. The summed E-state index contributed by atoms with van der Waals surface area (Å²) in [5, 5.41) is 10.6. The van der Waals surface area contributed by atoms with Gasteiger partial charge in [0, 0.05) is 6.08 Å². The number of cyclic esters (lactones) is 1. The van der Waals surface area contributed by atoms with Crippen LogP contribution in [0, 0.1) is 0 Å². The predicted molar refractivity (Wildman–Crippen MR) is 61.4 cm³/mol. The molecule has 2 atom stereocenters. The highest BCUT2D eigenvalue weighted by atomic mass is 16.6. The molecule has 1 aromatic carbocycles. The van der Waals surface area contributed by atoms with Crippen molar-refractivity contribution in [3.05, 3.63) is 48.0 Å². The Kier molecular flexibility index (Phi) is 3.16. The molecular formula is C13H12O5. The molecule has 0 amide bonds. The van der Waals surface area contributed by atoms with Gasteiger partial charge in [0.25, 0.3) is 0 Å². The molecule has 2 rings (SSSR count). The average molecular weight is 248 g/mol. The van der Waals surface area contributed by atoms with E-state index in [0.717, 1.165) is 7.11 Å². The van der Waals surface area contributed by atoms with Crippen LogP contribution in [0.4, 0.5) is 0 Å². The van der Waals surface area contributed by atoms with Gasteiger partial charge in [-0.1, -0.05) is 30.3 Å². The minimum absolute atomic E-state index is 0.307. The number of ether oxygens (including phenoxy) is 2. The van der Waals surface area contributed by atoms with Crippen LogP contribution in [0.25, 0.3) is 0 Å². The molecule has 1 aliphatic heterocycles. The summed E-state index contributed by atoms with van der Waals surface area (Å²) < 4.78 is 9.51. The molecule has 0 fully saturated rings. The smallest absolute Gasteiger partial charge is 0.346 e. The second-order valence-electron chi connectivity index (χ2n) is 3.84. The van der Waals surface area contributed by atoms with Crippen molar-refractivity contribution in [2.24, 2.45) is 0 Å². The Hall–Kier alpha value is -2.14. The lowest BCUT2D eigenvalue weighted by molar-refractivity contribution is -0.179. The SMILES string of the molecule is COC(=O)[C@](O)(c1ccccc1)[C@H]1C=CC(=O)O1. The molecule has 0 saturated carbocycles. The number of aliphatic hydroxyl groups is 1. The number of rotatable bonds is 3. The first-order valence-electron chi connectivity index (χ1n) is 5.34. The predicted octanol–water partition coefficient (Wildman–Crippen LogP) is 0.529. The third-order valence-electron chi connectivity index (χ3n) is 2.77. The van der Waals surface area contributed by atoms with Gasteiger partial charge >= 0.3 is 11.9 Å². The quantitative estimate of drug-likeness (QED) is 0.790. The molecular weight excluding hydrogens is 236 g/mol. The van der Waals surface area contributed by atoms with Crippen LogP contribution >= 0.6 is 0 Å². The molecule has 18 heavy (non-hydrogen) atoms. The van der Waals surface area contributed by atoms with Gasteiger partial charge in [0.2, 0.25) is 5.60 Å². The highest BCUT2D eigenvalue weighted by Crippen LogP contribution is 2.31. The van der Waals surface area contributed by atoms with E-state index < -0.39 is 23.6 Å². The maximum Gasteiger partial charge on any atom is 0.346 e. The van der Waals surface area contributed by atoms with Gasteiger partial charge in [-0.25, -0.2) is 9.59 Å². The summed E-state index contributed by atoms with van der Waals surface area (Å²) in [5.74, 6) is -1.48. The van der Waals surface area contributed by atoms with E-state index in [1.807, 2.05) is 0 Å².